The minimum absolute atomic E-state index is 0.155. The van der Waals surface area contributed by atoms with Gasteiger partial charge in [-0.1, -0.05) is 20.8 Å². The Hall–Kier alpha value is -1.26. The minimum Gasteiger partial charge on any atom is -0.481 e. The zero-order valence-corrected chi connectivity index (χ0v) is 12.1. The van der Waals surface area contributed by atoms with Gasteiger partial charge >= 0.3 is 12.0 Å². The average molecular weight is 258 g/mol. The molecular formula is C13H26N2O3. The van der Waals surface area contributed by atoms with E-state index in [4.69, 9.17) is 5.11 Å². The first kappa shape index (κ1) is 16.7. The number of nitrogens with zero attached hydrogens (tertiary/aromatic N) is 1. The van der Waals surface area contributed by atoms with Crippen LogP contribution in [0.3, 0.4) is 0 Å². The maximum atomic E-state index is 11.9. The average Bonchev–Trinajstić information content (AvgIpc) is 2.36. The molecule has 2 amide bonds. The second-order valence-electron chi connectivity index (χ2n) is 4.96. The number of carbonyl (C=O) groups is 2. The zero-order valence-electron chi connectivity index (χ0n) is 12.1. The van der Waals surface area contributed by atoms with Crippen LogP contribution in [-0.2, 0) is 4.79 Å². The number of hydrogen-bond donors (Lipinski definition) is 2. The number of urea groups is 1. The quantitative estimate of drug-likeness (QED) is 0.736. The molecule has 0 radical (unpaired) electrons. The molecule has 0 spiro atoms. The maximum Gasteiger partial charge on any atom is 0.317 e. The lowest BCUT2D eigenvalue weighted by atomic mass is 9.88. The lowest BCUT2D eigenvalue weighted by Crippen LogP contribution is -2.48. The van der Waals surface area contributed by atoms with Crippen LogP contribution in [-0.4, -0.2) is 41.6 Å². The van der Waals surface area contributed by atoms with E-state index in [2.05, 4.69) is 5.32 Å². The molecule has 0 fully saturated rings. The Labute approximate surface area is 110 Å². The topological polar surface area (TPSA) is 69.6 Å². The Kier molecular flexibility index (Phi) is 6.73. The van der Waals surface area contributed by atoms with Gasteiger partial charge in [-0.25, -0.2) is 4.79 Å². The summed E-state index contributed by atoms with van der Waals surface area (Å²) in [5.74, 6) is -0.879. The third-order valence-electron chi connectivity index (χ3n) is 3.74. The van der Waals surface area contributed by atoms with Crippen molar-refractivity contribution in [2.24, 2.45) is 5.41 Å². The van der Waals surface area contributed by atoms with Crippen LogP contribution in [0.1, 0.15) is 47.0 Å². The molecule has 5 nitrogen and oxygen atoms in total. The number of carbonyl (C=O) groups excluding carboxylic acids is 1. The largest absolute Gasteiger partial charge is 0.481 e. The molecule has 0 aromatic carbocycles. The van der Waals surface area contributed by atoms with E-state index >= 15 is 0 Å². The predicted octanol–water partition coefficient (Wildman–Crippen LogP) is 2.32. The molecule has 0 aromatic heterocycles. The molecular weight excluding hydrogens is 232 g/mol. The first-order valence-corrected chi connectivity index (χ1v) is 6.56. The van der Waals surface area contributed by atoms with Crippen LogP contribution < -0.4 is 5.32 Å². The van der Waals surface area contributed by atoms with Crippen molar-refractivity contribution >= 4 is 12.0 Å². The van der Waals surface area contributed by atoms with Crippen molar-refractivity contribution in [3.8, 4) is 0 Å². The highest BCUT2D eigenvalue weighted by Crippen LogP contribution is 2.20. The van der Waals surface area contributed by atoms with E-state index in [0.717, 1.165) is 12.8 Å². The van der Waals surface area contributed by atoms with Crippen molar-refractivity contribution in [1.29, 1.82) is 0 Å². The molecule has 1 unspecified atom stereocenters. The summed E-state index contributed by atoms with van der Waals surface area (Å²) >= 11 is 0. The van der Waals surface area contributed by atoms with Crippen molar-refractivity contribution in [1.82, 2.24) is 10.2 Å². The van der Waals surface area contributed by atoms with E-state index in [1.54, 1.807) is 18.9 Å². The van der Waals surface area contributed by atoms with Crippen LogP contribution in [0.5, 0.6) is 0 Å². The van der Waals surface area contributed by atoms with Gasteiger partial charge in [-0.2, -0.15) is 0 Å². The molecule has 0 aliphatic carbocycles. The third kappa shape index (κ3) is 4.20. The second-order valence-corrected chi connectivity index (χ2v) is 4.96. The lowest BCUT2D eigenvalue weighted by Gasteiger charge is -2.29. The Morgan fingerprint density at radius 2 is 1.78 bits per heavy atom. The fourth-order valence-electron chi connectivity index (χ4n) is 1.75. The molecule has 106 valence electrons. The number of amides is 2. The highest BCUT2D eigenvalue weighted by atomic mass is 16.4. The smallest absolute Gasteiger partial charge is 0.317 e. The Balaban J connectivity index is 4.45. The lowest BCUT2D eigenvalue weighted by molar-refractivity contribution is -0.147. The Morgan fingerprint density at radius 3 is 2.11 bits per heavy atom. The van der Waals surface area contributed by atoms with E-state index in [0.29, 0.717) is 6.42 Å². The van der Waals surface area contributed by atoms with E-state index in [1.165, 1.54) is 0 Å². The van der Waals surface area contributed by atoms with Crippen LogP contribution in [0.2, 0.25) is 0 Å². The molecule has 0 saturated carbocycles. The summed E-state index contributed by atoms with van der Waals surface area (Å²) in [4.78, 5) is 24.7. The monoisotopic (exact) mass is 258 g/mol. The minimum atomic E-state index is -0.898. The maximum absolute atomic E-state index is 11.9. The summed E-state index contributed by atoms with van der Waals surface area (Å²) in [6.07, 6.45) is 2.27. The normalized spacial score (nSPS) is 14.1. The molecule has 0 rings (SSSR count). The standard InChI is InChI=1S/C13H26N2O3/c1-6-10(7-2)15(5)12(18)14-9-13(4,8-3)11(16)17/h10H,6-9H2,1-5H3,(H,14,18)(H,16,17). The van der Waals surface area contributed by atoms with Gasteiger partial charge in [-0.3, -0.25) is 4.79 Å². The number of carboxylic acid groups (broad SMARTS) is 1. The van der Waals surface area contributed by atoms with E-state index < -0.39 is 11.4 Å². The van der Waals surface area contributed by atoms with E-state index in [9.17, 15) is 9.59 Å². The second kappa shape index (κ2) is 7.24. The van der Waals surface area contributed by atoms with Crippen LogP contribution in [0.4, 0.5) is 4.79 Å². The first-order valence-electron chi connectivity index (χ1n) is 6.56. The number of rotatable bonds is 7. The molecule has 0 aliphatic rings. The summed E-state index contributed by atoms with van der Waals surface area (Å²) in [6, 6.07) is -0.00710. The first-order chi connectivity index (χ1) is 8.32. The van der Waals surface area contributed by atoms with Gasteiger partial charge in [-0.05, 0) is 26.2 Å². The predicted molar refractivity (Wildman–Crippen MR) is 71.6 cm³/mol. The van der Waals surface area contributed by atoms with Crippen molar-refractivity contribution in [2.75, 3.05) is 13.6 Å². The molecule has 0 heterocycles. The van der Waals surface area contributed by atoms with E-state index in [1.807, 2.05) is 20.8 Å². The van der Waals surface area contributed by atoms with Gasteiger partial charge in [0.05, 0.1) is 5.41 Å². The van der Waals surface area contributed by atoms with Crippen LogP contribution in [0.15, 0.2) is 0 Å². The molecule has 18 heavy (non-hydrogen) atoms. The SMILES string of the molecule is CCC(CC)N(C)C(=O)NCC(C)(CC)C(=O)O. The third-order valence-corrected chi connectivity index (χ3v) is 3.74. The van der Waals surface area contributed by atoms with Crippen LogP contribution in [0, 0.1) is 5.41 Å². The number of carboxylic acids is 1. The van der Waals surface area contributed by atoms with Crippen LogP contribution in [0.25, 0.3) is 0 Å². The fourth-order valence-corrected chi connectivity index (χ4v) is 1.75. The molecule has 0 bridgehead atoms. The highest BCUT2D eigenvalue weighted by Gasteiger charge is 2.32. The highest BCUT2D eigenvalue weighted by molar-refractivity contribution is 5.77. The summed E-state index contributed by atoms with van der Waals surface area (Å²) in [5.41, 5.74) is -0.898. The number of hydrogen-bond acceptors (Lipinski definition) is 2. The molecule has 0 aliphatic heterocycles. The fraction of sp³-hybridized carbons (Fsp3) is 0.846. The van der Waals surface area contributed by atoms with Gasteiger partial charge < -0.3 is 15.3 Å². The van der Waals surface area contributed by atoms with Gasteiger partial charge in [-0.15, -0.1) is 0 Å². The number of aliphatic carboxylic acids is 1. The van der Waals surface area contributed by atoms with Crippen LogP contribution >= 0.6 is 0 Å². The van der Waals surface area contributed by atoms with Crippen molar-refractivity contribution in [3.63, 3.8) is 0 Å². The van der Waals surface area contributed by atoms with Gasteiger partial charge in [0, 0.05) is 19.6 Å². The molecule has 5 heteroatoms. The molecule has 0 aromatic rings. The zero-order chi connectivity index (χ0) is 14.3. The molecule has 0 saturated heterocycles. The summed E-state index contributed by atoms with van der Waals surface area (Å²) in [6.45, 7) is 7.68. The van der Waals surface area contributed by atoms with Crippen molar-refractivity contribution < 1.29 is 14.7 Å². The number of nitrogens with one attached hydrogen (secondary N) is 1. The van der Waals surface area contributed by atoms with Gasteiger partial charge in [0.2, 0.25) is 0 Å². The Bertz CT molecular complexity index is 290. The Morgan fingerprint density at radius 1 is 1.28 bits per heavy atom. The van der Waals surface area contributed by atoms with Crippen molar-refractivity contribution in [3.05, 3.63) is 0 Å². The van der Waals surface area contributed by atoms with Gasteiger partial charge in [0.25, 0.3) is 0 Å². The van der Waals surface area contributed by atoms with Gasteiger partial charge in [0.1, 0.15) is 0 Å². The summed E-state index contributed by atoms with van der Waals surface area (Å²) < 4.78 is 0. The van der Waals surface area contributed by atoms with E-state index in [-0.39, 0.29) is 18.6 Å². The van der Waals surface area contributed by atoms with Gasteiger partial charge in [0.15, 0.2) is 0 Å². The van der Waals surface area contributed by atoms with Crippen molar-refractivity contribution in [2.45, 2.75) is 53.0 Å². The summed E-state index contributed by atoms with van der Waals surface area (Å²) in [7, 11) is 1.75. The summed E-state index contributed by atoms with van der Waals surface area (Å²) in [5, 5.41) is 11.8. The molecule has 2 N–H and O–H groups in total. The molecule has 1 atom stereocenters.